The lowest BCUT2D eigenvalue weighted by atomic mass is 9.77. The SMILES string of the molecule is CN1CC2(COc3cc4c(cc32)OCCO4)c2c(OCc3ncccc3C(F)(F)F)cccc21. The maximum atomic E-state index is 13.4. The standard InChI is InChI=1S/C25H21F3N2O4/c1-30-13-24(14-34-20-11-22-21(10-16(20)24)31-8-9-32-22)23-18(30)5-2-6-19(23)33-12-17-15(25(26,27)28)4-3-7-29-17/h2-7,10-11H,8-9,12-14H2,1H3. The van der Waals surface area contributed by atoms with Crippen molar-refractivity contribution in [1.29, 1.82) is 0 Å². The van der Waals surface area contributed by atoms with Crippen LogP contribution in [0.3, 0.4) is 0 Å². The van der Waals surface area contributed by atoms with Crippen molar-refractivity contribution in [2.45, 2.75) is 18.2 Å². The van der Waals surface area contributed by atoms with Crippen LogP contribution in [0.5, 0.6) is 23.0 Å². The summed E-state index contributed by atoms with van der Waals surface area (Å²) in [5, 5.41) is 0. The quantitative estimate of drug-likeness (QED) is 0.559. The van der Waals surface area contributed by atoms with E-state index in [1.807, 2.05) is 31.3 Å². The van der Waals surface area contributed by atoms with Crippen LogP contribution in [0.2, 0.25) is 0 Å². The molecule has 0 saturated heterocycles. The molecule has 0 saturated carbocycles. The Labute approximate surface area is 193 Å². The molecular formula is C25H21F3N2O4. The molecule has 0 aliphatic carbocycles. The molecule has 1 spiro atoms. The minimum atomic E-state index is -4.51. The monoisotopic (exact) mass is 470 g/mol. The molecule has 176 valence electrons. The summed E-state index contributed by atoms with van der Waals surface area (Å²) in [6.45, 7) is 1.65. The van der Waals surface area contributed by atoms with Gasteiger partial charge in [0.05, 0.1) is 16.7 Å². The van der Waals surface area contributed by atoms with Gasteiger partial charge < -0.3 is 23.8 Å². The highest BCUT2D eigenvalue weighted by atomic mass is 19.4. The summed E-state index contributed by atoms with van der Waals surface area (Å²) in [4.78, 5) is 6.04. The van der Waals surface area contributed by atoms with E-state index in [0.29, 0.717) is 49.4 Å². The fourth-order valence-electron chi connectivity index (χ4n) is 5.15. The van der Waals surface area contributed by atoms with Crippen molar-refractivity contribution >= 4 is 5.69 Å². The summed E-state index contributed by atoms with van der Waals surface area (Å²) in [6.07, 6.45) is -3.17. The van der Waals surface area contributed by atoms with Crippen LogP contribution in [0, 0.1) is 0 Å². The normalized spacial score (nSPS) is 20.2. The second-order valence-corrected chi connectivity index (χ2v) is 8.65. The van der Waals surface area contributed by atoms with E-state index in [-0.39, 0.29) is 12.3 Å². The van der Waals surface area contributed by atoms with Crippen molar-refractivity contribution in [3.05, 3.63) is 71.0 Å². The molecule has 9 heteroatoms. The highest BCUT2D eigenvalue weighted by Gasteiger charge is 2.51. The van der Waals surface area contributed by atoms with Gasteiger partial charge in [0.25, 0.3) is 0 Å². The number of nitrogens with zero attached hydrogens (tertiary/aromatic N) is 2. The lowest BCUT2D eigenvalue weighted by molar-refractivity contribution is -0.138. The molecule has 1 aromatic heterocycles. The number of likely N-dealkylation sites (N-methyl/N-ethyl adjacent to an activating group) is 1. The molecule has 34 heavy (non-hydrogen) atoms. The number of benzene rings is 2. The Bertz CT molecular complexity index is 1280. The predicted molar refractivity (Wildman–Crippen MR) is 117 cm³/mol. The van der Waals surface area contributed by atoms with E-state index in [1.54, 1.807) is 6.07 Å². The maximum absolute atomic E-state index is 13.4. The van der Waals surface area contributed by atoms with Gasteiger partial charge >= 0.3 is 6.18 Å². The van der Waals surface area contributed by atoms with Crippen molar-refractivity contribution in [1.82, 2.24) is 4.98 Å². The summed E-state index contributed by atoms with van der Waals surface area (Å²) in [5.74, 6) is 2.53. The van der Waals surface area contributed by atoms with E-state index in [4.69, 9.17) is 18.9 Å². The lowest BCUT2D eigenvalue weighted by Gasteiger charge is -2.26. The van der Waals surface area contributed by atoms with Gasteiger partial charge in [0, 0.05) is 42.7 Å². The highest BCUT2D eigenvalue weighted by molar-refractivity contribution is 5.74. The second kappa shape index (κ2) is 7.44. The molecule has 6 nitrogen and oxygen atoms in total. The van der Waals surface area contributed by atoms with Crippen molar-refractivity contribution < 1.29 is 32.1 Å². The first-order valence-electron chi connectivity index (χ1n) is 10.9. The molecular weight excluding hydrogens is 449 g/mol. The van der Waals surface area contributed by atoms with E-state index >= 15 is 0 Å². The van der Waals surface area contributed by atoms with Gasteiger partial charge in [-0.2, -0.15) is 13.2 Å². The molecule has 3 aliphatic rings. The van der Waals surface area contributed by atoms with Gasteiger partial charge in [-0.3, -0.25) is 4.98 Å². The molecule has 2 aromatic carbocycles. The van der Waals surface area contributed by atoms with E-state index in [1.165, 1.54) is 12.3 Å². The molecule has 6 rings (SSSR count). The van der Waals surface area contributed by atoms with Crippen molar-refractivity contribution in [3.8, 4) is 23.0 Å². The van der Waals surface area contributed by atoms with Crippen LogP contribution in [0.25, 0.3) is 0 Å². The van der Waals surface area contributed by atoms with E-state index in [0.717, 1.165) is 22.9 Å². The van der Waals surface area contributed by atoms with Gasteiger partial charge in [-0.1, -0.05) is 6.07 Å². The average molecular weight is 470 g/mol. The van der Waals surface area contributed by atoms with Crippen LogP contribution in [0.15, 0.2) is 48.7 Å². The first-order valence-corrected chi connectivity index (χ1v) is 10.9. The summed E-state index contributed by atoms with van der Waals surface area (Å²) in [7, 11) is 1.98. The fraction of sp³-hybridized carbons (Fsp3) is 0.320. The van der Waals surface area contributed by atoms with Crippen LogP contribution in [0.1, 0.15) is 22.4 Å². The highest BCUT2D eigenvalue weighted by Crippen LogP contribution is 2.56. The molecule has 0 N–H and O–H groups in total. The fourth-order valence-corrected chi connectivity index (χ4v) is 5.15. The Morgan fingerprint density at radius 1 is 1.03 bits per heavy atom. The molecule has 0 fully saturated rings. The van der Waals surface area contributed by atoms with Crippen LogP contribution in [-0.2, 0) is 18.2 Å². The number of halogens is 3. The Morgan fingerprint density at radius 3 is 2.62 bits per heavy atom. The molecule has 4 heterocycles. The third kappa shape index (κ3) is 3.13. The van der Waals surface area contributed by atoms with Crippen LogP contribution >= 0.6 is 0 Å². The van der Waals surface area contributed by atoms with Gasteiger partial charge in [0.2, 0.25) is 0 Å². The number of alkyl halides is 3. The van der Waals surface area contributed by atoms with E-state index in [2.05, 4.69) is 9.88 Å². The zero-order valence-corrected chi connectivity index (χ0v) is 18.3. The zero-order valence-electron chi connectivity index (χ0n) is 18.3. The minimum absolute atomic E-state index is 0.157. The molecule has 0 bridgehead atoms. The number of anilines is 1. The Kier molecular flexibility index (Phi) is 4.59. The molecule has 0 radical (unpaired) electrons. The number of hydrogen-bond donors (Lipinski definition) is 0. The Hall–Kier alpha value is -3.62. The molecule has 3 aromatic rings. The molecule has 1 atom stereocenters. The summed E-state index contributed by atoms with van der Waals surface area (Å²) >= 11 is 0. The summed E-state index contributed by atoms with van der Waals surface area (Å²) in [6, 6.07) is 11.7. The second-order valence-electron chi connectivity index (χ2n) is 8.65. The van der Waals surface area contributed by atoms with Gasteiger partial charge in [-0.05, 0) is 30.3 Å². The number of hydrogen-bond acceptors (Lipinski definition) is 6. The average Bonchev–Trinajstić information content (AvgIpc) is 3.33. The molecule has 0 amide bonds. The predicted octanol–water partition coefficient (Wildman–Crippen LogP) is 4.58. The largest absolute Gasteiger partial charge is 0.492 e. The first kappa shape index (κ1) is 20.9. The smallest absolute Gasteiger partial charge is 0.418 e. The van der Waals surface area contributed by atoms with Gasteiger partial charge in [0.1, 0.15) is 37.9 Å². The summed E-state index contributed by atoms with van der Waals surface area (Å²) < 4.78 is 64.0. The van der Waals surface area contributed by atoms with Gasteiger partial charge in [-0.15, -0.1) is 0 Å². The maximum Gasteiger partial charge on any atom is 0.418 e. The first-order chi connectivity index (χ1) is 16.4. The zero-order chi connectivity index (χ0) is 23.5. The lowest BCUT2D eigenvalue weighted by Crippen LogP contribution is -2.35. The number of aromatic nitrogens is 1. The van der Waals surface area contributed by atoms with Crippen LogP contribution in [-0.4, -0.2) is 38.4 Å². The van der Waals surface area contributed by atoms with Gasteiger partial charge in [0.15, 0.2) is 11.5 Å². The third-order valence-electron chi connectivity index (χ3n) is 6.60. The number of fused-ring (bicyclic) bond motifs is 5. The third-order valence-corrected chi connectivity index (χ3v) is 6.60. The number of ether oxygens (including phenoxy) is 4. The Balaban J connectivity index is 1.41. The number of pyridine rings is 1. The topological polar surface area (TPSA) is 53.1 Å². The van der Waals surface area contributed by atoms with Crippen molar-refractivity contribution in [3.63, 3.8) is 0 Å². The van der Waals surface area contributed by atoms with Crippen LogP contribution in [0.4, 0.5) is 18.9 Å². The van der Waals surface area contributed by atoms with Gasteiger partial charge in [-0.25, -0.2) is 0 Å². The molecule has 3 aliphatic heterocycles. The Morgan fingerprint density at radius 2 is 1.82 bits per heavy atom. The summed E-state index contributed by atoms with van der Waals surface area (Å²) in [5.41, 5.74) is 1.27. The van der Waals surface area contributed by atoms with Crippen molar-refractivity contribution in [2.75, 3.05) is 38.3 Å². The number of rotatable bonds is 3. The van der Waals surface area contributed by atoms with E-state index in [9.17, 15) is 13.2 Å². The van der Waals surface area contributed by atoms with Crippen molar-refractivity contribution in [2.24, 2.45) is 0 Å². The molecule has 1 unspecified atom stereocenters. The van der Waals surface area contributed by atoms with Crippen LogP contribution < -0.4 is 23.8 Å². The minimum Gasteiger partial charge on any atom is -0.492 e. The van der Waals surface area contributed by atoms with E-state index < -0.39 is 17.2 Å².